The number of carbonyl (C=O) groups is 3. The highest BCUT2D eigenvalue weighted by Crippen LogP contribution is 2.51. The topological polar surface area (TPSA) is 110 Å². The van der Waals surface area contributed by atoms with Crippen molar-refractivity contribution in [3.8, 4) is 17.2 Å². The zero-order valence-corrected chi connectivity index (χ0v) is 33.3. The number of fused-ring (bicyclic) bond motifs is 3. The van der Waals surface area contributed by atoms with E-state index in [1.807, 2.05) is 51.1 Å². The fourth-order valence-corrected chi connectivity index (χ4v) is 6.56. The van der Waals surface area contributed by atoms with Gasteiger partial charge in [-0.15, -0.1) is 0 Å². The Labute approximate surface area is 319 Å². The fourth-order valence-electron chi connectivity index (χ4n) is 6.56. The van der Waals surface area contributed by atoms with Crippen molar-refractivity contribution in [2.45, 2.75) is 99.9 Å². The molecule has 4 aliphatic rings. The van der Waals surface area contributed by atoms with E-state index in [0.29, 0.717) is 23.9 Å². The Bertz CT molecular complexity index is 1830. The summed E-state index contributed by atoms with van der Waals surface area (Å²) in [7, 11) is 0. The van der Waals surface area contributed by atoms with Crippen LogP contribution in [0.15, 0.2) is 71.5 Å². The van der Waals surface area contributed by atoms with Crippen molar-refractivity contribution >= 4 is 23.5 Å². The maximum absolute atomic E-state index is 13.3. The Morgan fingerprint density at radius 3 is 2.02 bits per heavy atom. The summed E-state index contributed by atoms with van der Waals surface area (Å²) in [5.74, 6) is -0.845. The Morgan fingerprint density at radius 2 is 1.41 bits per heavy atom. The van der Waals surface area contributed by atoms with E-state index in [-0.39, 0.29) is 19.0 Å². The minimum Gasteiger partial charge on any atom is -0.492 e. The number of nitrogens with zero attached hydrogens (tertiary/aromatic N) is 1. The van der Waals surface area contributed by atoms with Crippen molar-refractivity contribution < 1.29 is 42.8 Å². The quantitative estimate of drug-likeness (QED) is 0.148. The molecule has 0 aromatic heterocycles. The number of likely N-dealkylation sites (tertiary alicyclic amines) is 1. The molecule has 0 radical (unpaired) electrons. The highest BCUT2D eigenvalue weighted by Gasteiger charge is 2.47. The standard InChI is InChI=1S/C44H55NO9/c1-41(2,3)38(46)51-30-17-18-31-33-27-50-35-26-44(53-39(47)42(4,5)6,54-40(48)43(7,8)9)20-19-32(35)36(33)37(52-34(31)25-30)28-13-15-29(16-14-28)49-24-23-45-21-11-10-12-22-45/h13-20,25,37H,10-12,21-24,26-27H2,1-9H3/t37-/m1/s1. The molecule has 290 valence electrons. The first-order valence-corrected chi connectivity index (χ1v) is 19.1. The molecule has 6 rings (SSSR count). The first-order chi connectivity index (χ1) is 25.3. The van der Waals surface area contributed by atoms with Crippen molar-refractivity contribution in [3.05, 3.63) is 82.6 Å². The summed E-state index contributed by atoms with van der Waals surface area (Å²) < 4.78 is 37.2. The van der Waals surface area contributed by atoms with E-state index < -0.39 is 40.1 Å². The summed E-state index contributed by atoms with van der Waals surface area (Å²) in [6.07, 6.45) is 6.62. The van der Waals surface area contributed by atoms with Crippen LogP contribution in [-0.4, -0.2) is 61.4 Å². The number of ether oxygens (including phenoxy) is 6. The summed E-state index contributed by atoms with van der Waals surface area (Å²) in [5, 5.41) is 0. The number of allylic oxidation sites excluding steroid dienone is 1. The molecule has 10 heteroatoms. The second-order valence-electron chi connectivity index (χ2n) is 17.7. The molecule has 1 saturated heterocycles. The lowest BCUT2D eigenvalue weighted by atomic mass is 9.81. The van der Waals surface area contributed by atoms with Gasteiger partial charge < -0.3 is 28.4 Å². The summed E-state index contributed by atoms with van der Waals surface area (Å²) in [4.78, 5) is 41.8. The van der Waals surface area contributed by atoms with Crippen LogP contribution < -0.4 is 14.2 Å². The zero-order valence-electron chi connectivity index (χ0n) is 33.3. The second kappa shape index (κ2) is 14.9. The van der Waals surface area contributed by atoms with Crippen LogP contribution >= 0.6 is 0 Å². The summed E-state index contributed by atoms with van der Waals surface area (Å²) in [6.45, 7) is 19.9. The second-order valence-corrected chi connectivity index (χ2v) is 17.7. The van der Waals surface area contributed by atoms with Crippen LogP contribution in [0, 0.1) is 16.2 Å². The zero-order chi connectivity index (χ0) is 39.1. The van der Waals surface area contributed by atoms with E-state index in [0.717, 1.165) is 53.2 Å². The van der Waals surface area contributed by atoms with Gasteiger partial charge in [0.05, 0.1) is 22.7 Å². The SMILES string of the molecule is CC(C)(C)C(=O)Oc1ccc2c(c1)O[C@H](c1ccc(OCCN3CCCCC3)cc1)C1=C2COC2=C1C=CC(OC(=O)C(C)(C)C)(OC(=O)C(C)(C)C)C2. The summed E-state index contributed by atoms with van der Waals surface area (Å²) in [6, 6.07) is 13.3. The number of hydrogen-bond donors (Lipinski definition) is 0. The van der Waals surface area contributed by atoms with E-state index >= 15 is 0 Å². The number of benzene rings is 2. The van der Waals surface area contributed by atoms with Gasteiger partial charge in [0, 0.05) is 41.0 Å². The number of esters is 3. The highest BCUT2D eigenvalue weighted by atomic mass is 16.7. The monoisotopic (exact) mass is 741 g/mol. The number of rotatable bonds is 8. The maximum Gasteiger partial charge on any atom is 0.316 e. The van der Waals surface area contributed by atoms with Gasteiger partial charge in [0.2, 0.25) is 0 Å². The molecule has 0 unspecified atom stereocenters. The molecule has 0 bridgehead atoms. The first-order valence-electron chi connectivity index (χ1n) is 19.1. The van der Waals surface area contributed by atoms with Crippen LogP contribution in [0.1, 0.15) is 105 Å². The molecule has 2 aromatic rings. The van der Waals surface area contributed by atoms with Crippen molar-refractivity contribution in [1.82, 2.24) is 4.90 Å². The minimum absolute atomic E-state index is 0.00960. The van der Waals surface area contributed by atoms with E-state index in [9.17, 15) is 14.4 Å². The third kappa shape index (κ3) is 8.70. The third-order valence-corrected chi connectivity index (χ3v) is 9.89. The van der Waals surface area contributed by atoms with Gasteiger partial charge in [0.25, 0.3) is 5.79 Å². The van der Waals surface area contributed by atoms with Gasteiger partial charge in [-0.1, -0.05) is 18.6 Å². The predicted octanol–water partition coefficient (Wildman–Crippen LogP) is 8.51. The van der Waals surface area contributed by atoms with E-state index in [1.54, 1.807) is 65.8 Å². The smallest absolute Gasteiger partial charge is 0.316 e. The number of carbonyl (C=O) groups excluding carboxylic acids is 3. The molecule has 0 N–H and O–H groups in total. The Balaban J connectivity index is 1.35. The van der Waals surface area contributed by atoms with Gasteiger partial charge in [0.15, 0.2) is 0 Å². The van der Waals surface area contributed by atoms with Gasteiger partial charge in [-0.3, -0.25) is 19.3 Å². The van der Waals surface area contributed by atoms with Crippen LogP contribution in [0.4, 0.5) is 0 Å². The van der Waals surface area contributed by atoms with Crippen LogP contribution in [0.2, 0.25) is 0 Å². The van der Waals surface area contributed by atoms with Crippen molar-refractivity contribution in [1.29, 1.82) is 0 Å². The Hall–Kier alpha value is -4.57. The molecule has 0 spiro atoms. The number of piperidine rings is 1. The normalized spacial score (nSPS) is 19.8. The molecule has 0 amide bonds. The lowest BCUT2D eigenvalue weighted by Crippen LogP contribution is -2.45. The fraction of sp³-hybridized carbons (Fsp3) is 0.523. The van der Waals surface area contributed by atoms with Gasteiger partial charge in [-0.05, 0) is 124 Å². The Morgan fingerprint density at radius 1 is 0.796 bits per heavy atom. The van der Waals surface area contributed by atoms with Gasteiger partial charge in [-0.2, -0.15) is 0 Å². The third-order valence-electron chi connectivity index (χ3n) is 9.89. The largest absolute Gasteiger partial charge is 0.492 e. The highest BCUT2D eigenvalue weighted by molar-refractivity contribution is 5.84. The minimum atomic E-state index is -1.70. The average molecular weight is 742 g/mol. The first kappa shape index (κ1) is 39.1. The van der Waals surface area contributed by atoms with Gasteiger partial charge in [0.1, 0.15) is 42.3 Å². The maximum atomic E-state index is 13.3. The van der Waals surface area contributed by atoms with Crippen LogP contribution in [-0.2, 0) is 28.6 Å². The molecule has 3 aliphatic heterocycles. The molecule has 1 aliphatic carbocycles. The summed E-state index contributed by atoms with van der Waals surface area (Å²) in [5.41, 5.74) is 1.87. The van der Waals surface area contributed by atoms with Gasteiger partial charge >= 0.3 is 17.9 Å². The lowest BCUT2D eigenvalue weighted by Gasteiger charge is -2.41. The molecule has 2 aromatic carbocycles. The average Bonchev–Trinajstić information content (AvgIpc) is 3.10. The molecule has 54 heavy (non-hydrogen) atoms. The van der Waals surface area contributed by atoms with E-state index in [2.05, 4.69) is 4.90 Å². The van der Waals surface area contributed by atoms with E-state index in [1.165, 1.54) is 19.3 Å². The molecular weight excluding hydrogens is 686 g/mol. The van der Waals surface area contributed by atoms with Crippen molar-refractivity contribution in [2.24, 2.45) is 16.2 Å². The predicted molar refractivity (Wildman–Crippen MR) is 205 cm³/mol. The van der Waals surface area contributed by atoms with Crippen LogP contribution in [0.25, 0.3) is 5.57 Å². The molecular formula is C44H55NO9. The Kier molecular flexibility index (Phi) is 10.8. The molecule has 1 atom stereocenters. The van der Waals surface area contributed by atoms with Crippen molar-refractivity contribution in [2.75, 3.05) is 32.8 Å². The van der Waals surface area contributed by atoms with E-state index in [4.69, 9.17) is 28.4 Å². The summed E-state index contributed by atoms with van der Waals surface area (Å²) >= 11 is 0. The molecule has 1 fully saturated rings. The number of hydrogen-bond acceptors (Lipinski definition) is 10. The van der Waals surface area contributed by atoms with Crippen LogP contribution in [0.3, 0.4) is 0 Å². The van der Waals surface area contributed by atoms with Gasteiger partial charge in [-0.25, -0.2) is 0 Å². The molecule has 0 saturated carbocycles. The lowest BCUT2D eigenvalue weighted by molar-refractivity contribution is -0.224. The molecule has 10 nitrogen and oxygen atoms in total. The van der Waals surface area contributed by atoms with Crippen LogP contribution in [0.5, 0.6) is 17.2 Å². The molecule has 3 heterocycles. The van der Waals surface area contributed by atoms with Crippen molar-refractivity contribution in [3.63, 3.8) is 0 Å².